The summed E-state index contributed by atoms with van der Waals surface area (Å²) in [5.41, 5.74) is 5.18. The minimum absolute atomic E-state index is 0.0140. The Kier molecular flexibility index (Phi) is 22.2. The van der Waals surface area contributed by atoms with Crippen molar-refractivity contribution in [2.24, 2.45) is 5.41 Å². The van der Waals surface area contributed by atoms with Gasteiger partial charge in [0.2, 0.25) is 23.6 Å². The van der Waals surface area contributed by atoms with Crippen molar-refractivity contribution in [3.63, 3.8) is 0 Å². The molecule has 19 heteroatoms. The molecule has 1 unspecified atom stereocenters. The number of anilines is 4. The van der Waals surface area contributed by atoms with E-state index in [0.717, 1.165) is 107 Å². The van der Waals surface area contributed by atoms with Gasteiger partial charge in [-0.1, -0.05) is 45.9 Å². The van der Waals surface area contributed by atoms with Crippen LogP contribution in [0.3, 0.4) is 0 Å². The first kappa shape index (κ1) is 55.5. The molecule has 0 saturated carbocycles. The molecule has 4 saturated heterocycles. The first-order valence-electron chi connectivity index (χ1n) is 23.9. The molecule has 1 aromatic heterocycles. The van der Waals surface area contributed by atoms with Crippen LogP contribution in [0.25, 0.3) is 0 Å². The van der Waals surface area contributed by atoms with Gasteiger partial charge in [-0.05, 0) is 93.8 Å². The summed E-state index contributed by atoms with van der Waals surface area (Å²) in [5, 5.41) is 22.0. The monoisotopic (exact) mass is 978 g/mol. The zero-order valence-corrected chi connectivity index (χ0v) is 42.9. The third kappa shape index (κ3) is 15.5. The number of nitrogens with one attached hydrogen (secondary N) is 5. The molecule has 0 radical (unpaired) electrons. The number of aromatic nitrogens is 2. The maximum Gasteiger partial charge on any atom is 0.255 e. The van der Waals surface area contributed by atoms with E-state index in [1.807, 2.05) is 39.0 Å². The molecule has 8 rings (SSSR count). The minimum Gasteiger partial charge on any atom is -0.400 e. The molecule has 5 aliphatic rings. The van der Waals surface area contributed by atoms with Gasteiger partial charge < -0.3 is 41.1 Å². The topological polar surface area (TPSA) is 204 Å². The molecular weight excluding hydrogens is 903 g/mol. The first-order valence-corrected chi connectivity index (χ1v) is 25.5. The van der Waals surface area contributed by atoms with Crippen LogP contribution in [0.4, 0.5) is 23.0 Å². The van der Waals surface area contributed by atoms with Gasteiger partial charge in [-0.2, -0.15) is 0 Å². The van der Waals surface area contributed by atoms with Crippen LogP contribution in [0.15, 0.2) is 54.9 Å². The highest BCUT2D eigenvalue weighted by atomic mass is 33.1. The molecule has 5 aliphatic heterocycles. The summed E-state index contributed by atoms with van der Waals surface area (Å²) in [6.45, 7) is 21.0. The van der Waals surface area contributed by atoms with Gasteiger partial charge in [-0.15, -0.1) is 23.3 Å². The number of rotatable bonds is 12. The smallest absolute Gasteiger partial charge is 0.255 e. The molecule has 374 valence electrons. The third-order valence-electron chi connectivity index (χ3n) is 12.8. The number of amides is 5. The zero-order valence-electron chi connectivity index (χ0n) is 41.1. The van der Waals surface area contributed by atoms with Crippen molar-refractivity contribution in [2.45, 2.75) is 111 Å². The van der Waals surface area contributed by atoms with Crippen molar-refractivity contribution in [2.75, 3.05) is 86.4 Å². The van der Waals surface area contributed by atoms with E-state index in [9.17, 15) is 24.0 Å². The number of piperazine rings is 1. The lowest BCUT2D eigenvalue weighted by Gasteiger charge is -2.48. The number of piperidine rings is 3. The van der Waals surface area contributed by atoms with Crippen LogP contribution in [0, 0.1) is 5.41 Å². The summed E-state index contributed by atoms with van der Waals surface area (Å²) in [5.74, 6) is 0.969. The standard InChI is InChI=1S/C31H46N8O2.C15H17N3O3.C2H6.CH4O.H2S2/c1-24(40)32-13-4-14-33-27-19-28(35-23-34-27)38-17-11-31(12-18-38)22-39(21-29(41)36-31)26-7-5-25(6-8-26)20-37-15-9-30(2,3)10-16-37;1-2-16-11-5-3-4-9-10(11)8-18(15(9)21)12-6-7-13(19)17-14(12)20;3*1-2/h5-8,19,23H,4,9-18,20-22H2,1-3H3,(H,32,40)(H,36,41)(H,33,34,35);3-5,12,16H,2,6-8H2,1H3,(H,17,19,20);1-2H3;2H,1H3;1-2H. The quantitative estimate of drug-likeness (QED) is 0.0504. The average molecular weight is 978 g/mol. The molecule has 2 aromatic carbocycles. The molecule has 0 aliphatic carbocycles. The van der Waals surface area contributed by atoms with Crippen LogP contribution < -0.4 is 36.4 Å². The number of nitrogens with zero attached hydrogens (tertiary/aromatic N) is 6. The molecule has 6 heterocycles. The van der Waals surface area contributed by atoms with Crippen molar-refractivity contribution in [3.05, 3.63) is 71.5 Å². The minimum atomic E-state index is -0.558. The number of aliphatic hydroxyl groups excluding tert-OH is 1. The van der Waals surface area contributed by atoms with E-state index in [1.54, 1.807) is 17.3 Å². The van der Waals surface area contributed by atoms with Gasteiger partial charge in [0.05, 0.1) is 12.1 Å². The molecule has 5 amide bonds. The van der Waals surface area contributed by atoms with E-state index in [-0.39, 0.29) is 41.5 Å². The van der Waals surface area contributed by atoms with E-state index >= 15 is 0 Å². The van der Waals surface area contributed by atoms with Crippen LogP contribution in [0.1, 0.15) is 108 Å². The van der Waals surface area contributed by atoms with E-state index in [0.29, 0.717) is 37.0 Å². The molecular formula is C49H75N11O6S2. The highest BCUT2D eigenvalue weighted by Crippen LogP contribution is 2.34. The highest BCUT2D eigenvalue weighted by Gasteiger charge is 2.42. The van der Waals surface area contributed by atoms with Crippen LogP contribution in [0.2, 0.25) is 0 Å². The van der Waals surface area contributed by atoms with E-state index < -0.39 is 6.04 Å². The number of hydrogen-bond donors (Lipinski definition) is 8. The Balaban J connectivity index is 0.000000313. The van der Waals surface area contributed by atoms with Crippen molar-refractivity contribution in [1.82, 2.24) is 35.7 Å². The predicted molar refractivity (Wildman–Crippen MR) is 277 cm³/mol. The number of fused-ring (bicyclic) bond motifs is 1. The second-order valence-corrected chi connectivity index (χ2v) is 18.1. The summed E-state index contributed by atoms with van der Waals surface area (Å²) in [6, 6.07) is 15.8. The molecule has 1 atom stereocenters. The van der Waals surface area contributed by atoms with Crippen LogP contribution in [-0.4, -0.2) is 132 Å². The van der Waals surface area contributed by atoms with Crippen LogP contribution >= 0.6 is 23.3 Å². The van der Waals surface area contributed by atoms with Crippen LogP contribution in [0.5, 0.6) is 0 Å². The van der Waals surface area contributed by atoms with Crippen molar-refractivity contribution < 1.29 is 29.1 Å². The van der Waals surface area contributed by atoms with Gasteiger partial charge in [-0.3, -0.25) is 34.2 Å². The number of benzene rings is 2. The molecule has 6 N–H and O–H groups in total. The normalized spacial score (nSPS) is 19.2. The lowest BCUT2D eigenvalue weighted by atomic mass is 9.82. The second kappa shape index (κ2) is 27.2. The molecule has 0 bridgehead atoms. The number of thiol groups is 2. The van der Waals surface area contributed by atoms with Gasteiger partial charge in [0.1, 0.15) is 24.0 Å². The lowest BCUT2D eigenvalue weighted by molar-refractivity contribution is -0.137. The average Bonchev–Trinajstić information content (AvgIpc) is 3.68. The van der Waals surface area contributed by atoms with Gasteiger partial charge in [0, 0.05) is 101 Å². The Bertz CT molecular complexity index is 2110. The third-order valence-corrected chi connectivity index (χ3v) is 12.8. The van der Waals surface area contributed by atoms with E-state index in [1.165, 1.54) is 25.3 Å². The van der Waals surface area contributed by atoms with Gasteiger partial charge in [0.15, 0.2) is 0 Å². The maximum atomic E-state index is 12.9. The Hall–Kier alpha value is -5.11. The predicted octanol–water partition coefficient (Wildman–Crippen LogP) is 5.29. The van der Waals surface area contributed by atoms with Gasteiger partial charge in [0.25, 0.3) is 5.91 Å². The summed E-state index contributed by atoms with van der Waals surface area (Å²) >= 11 is 6.44. The fourth-order valence-electron chi connectivity index (χ4n) is 9.11. The molecule has 1 spiro atoms. The largest absolute Gasteiger partial charge is 0.400 e. The number of carbonyl (C=O) groups excluding carboxylic acids is 5. The number of carbonyl (C=O) groups is 5. The Labute approximate surface area is 413 Å². The maximum absolute atomic E-state index is 12.9. The Morgan fingerprint density at radius 3 is 2.21 bits per heavy atom. The lowest BCUT2D eigenvalue weighted by Crippen LogP contribution is -2.66. The fraction of sp³-hybridized carbons (Fsp3) is 0.571. The van der Waals surface area contributed by atoms with E-state index in [2.05, 4.69) is 113 Å². The van der Waals surface area contributed by atoms with Gasteiger partial charge in [-0.25, -0.2) is 9.97 Å². The molecule has 17 nitrogen and oxygen atoms in total. The van der Waals surface area contributed by atoms with Gasteiger partial charge >= 0.3 is 0 Å². The summed E-state index contributed by atoms with van der Waals surface area (Å²) < 4.78 is 0. The fourth-order valence-corrected chi connectivity index (χ4v) is 9.11. The molecule has 3 aromatic rings. The van der Waals surface area contributed by atoms with Crippen molar-refractivity contribution in [1.29, 1.82) is 0 Å². The van der Waals surface area contributed by atoms with Crippen molar-refractivity contribution in [3.8, 4) is 0 Å². The van der Waals surface area contributed by atoms with E-state index in [4.69, 9.17) is 5.11 Å². The number of hydrogen-bond acceptors (Lipinski definition) is 15. The highest BCUT2D eigenvalue weighted by molar-refractivity contribution is 8.59. The van der Waals surface area contributed by atoms with Crippen LogP contribution in [-0.2, 0) is 32.3 Å². The first-order chi connectivity index (χ1) is 32.8. The number of imide groups is 1. The summed E-state index contributed by atoms with van der Waals surface area (Å²) in [6.07, 6.45) is 7.31. The van der Waals surface area contributed by atoms with Crippen molar-refractivity contribution >= 4 is 75.9 Å². The SMILES string of the molecule is CC.CC(=O)NCCCNc1cc(N2CCC3(CC2)CN(c2ccc(CN4CCC(C)(C)CC4)cc2)CC(=O)N3)ncn1.CCNc1cccc2c1CN(C1CCC(=O)NC1=O)C2=O.CO.SS. The number of aliphatic hydroxyl groups is 1. The number of likely N-dealkylation sites (tertiary alicyclic amines) is 1. The molecule has 4 fully saturated rings. The second-order valence-electron chi connectivity index (χ2n) is 18.1. The Morgan fingerprint density at radius 2 is 1.56 bits per heavy atom. The summed E-state index contributed by atoms with van der Waals surface area (Å²) in [4.78, 5) is 77.1. The zero-order chi connectivity index (χ0) is 49.9. The Morgan fingerprint density at radius 1 is 0.868 bits per heavy atom. The molecule has 68 heavy (non-hydrogen) atoms. The summed E-state index contributed by atoms with van der Waals surface area (Å²) in [7, 11) is 1.00.